The Morgan fingerprint density at radius 3 is 2.58 bits per heavy atom. The standard InChI is InChI=1S/C14H14Cl2N2O/c1-8(2)10-7-12(9(3)6-11(10)15)19-13-4-5-17-14(16)18-13/h4-8H,1-3H3. The predicted octanol–water partition coefficient (Wildman–Crippen LogP) is 5.01. The van der Waals surface area contributed by atoms with Crippen LogP contribution in [0.5, 0.6) is 11.6 Å². The Morgan fingerprint density at radius 2 is 1.95 bits per heavy atom. The second-order valence-electron chi connectivity index (χ2n) is 4.56. The number of ether oxygens (including phenoxy) is 1. The molecule has 0 amide bonds. The van der Waals surface area contributed by atoms with Crippen LogP contribution in [0.2, 0.25) is 10.3 Å². The van der Waals surface area contributed by atoms with Gasteiger partial charge in [0.25, 0.3) is 0 Å². The minimum Gasteiger partial charge on any atom is -0.439 e. The normalized spacial score (nSPS) is 10.8. The molecule has 19 heavy (non-hydrogen) atoms. The second-order valence-corrected chi connectivity index (χ2v) is 5.31. The van der Waals surface area contributed by atoms with Gasteiger partial charge in [-0.3, -0.25) is 0 Å². The number of aromatic nitrogens is 2. The molecule has 0 fully saturated rings. The minimum atomic E-state index is 0.160. The minimum absolute atomic E-state index is 0.160. The van der Waals surface area contributed by atoms with Gasteiger partial charge >= 0.3 is 0 Å². The van der Waals surface area contributed by atoms with Crippen LogP contribution in [-0.2, 0) is 0 Å². The van der Waals surface area contributed by atoms with Gasteiger partial charge in [0, 0.05) is 17.3 Å². The van der Waals surface area contributed by atoms with E-state index in [1.165, 1.54) is 0 Å². The van der Waals surface area contributed by atoms with E-state index in [2.05, 4.69) is 23.8 Å². The fraction of sp³-hybridized carbons (Fsp3) is 0.286. The van der Waals surface area contributed by atoms with Gasteiger partial charge in [-0.05, 0) is 47.7 Å². The van der Waals surface area contributed by atoms with E-state index in [-0.39, 0.29) is 5.28 Å². The van der Waals surface area contributed by atoms with Crippen LogP contribution in [0, 0.1) is 6.92 Å². The number of halogens is 2. The van der Waals surface area contributed by atoms with Gasteiger partial charge in [-0.1, -0.05) is 25.4 Å². The lowest BCUT2D eigenvalue weighted by Gasteiger charge is -2.13. The van der Waals surface area contributed by atoms with E-state index in [9.17, 15) is 0 Å². The highest BCUT2D eigenvalue weighted by molar-refractivity contribution is 6.31. The van der Waals surface area contributed by atoms with Gasteiger partial charge in [-0.15, -0.1) is 0 Å². The first-order chi connectivity index (χ1) is 8.97. The van der Waals surface area contributed by atoms with E-state index in [0.717, 1.165) is 21.9 Å². The summed E-state index contributed by atoms with van der Waals surface area (Å²) in [7, 11) is 0. The Bertz CT molecular complexity index is 600. The van der Waals surface area contributed by atoms with Crippen molar-refractivity contribution in [2.75, 3.05) is 0 Å². The molecule has 3 nitrogen and oxygen atoms in total. The van der Waals surface area contributed by atoms with Crippen molar-refractivity contribution in [1.29, 1.82) is 0 Å². The summed E-state index contributed by atoms with van der Waals surface area (Å²) in [5.74, 6) is 1.47. The maximum atomic E-state index is 6.22. The fourth-order valence-corrected chi connectivity index (χ4v) is 2.29. The third kappa shape index (κ3) is 3.37. The molecule has 0 aliphatic heterocycles. The zero-order chi connectivity index (χ0) is 14.0. The lowest BCUT2D eigenvalue weighted by Crippen LogP contribution is -1.95. The first-order valence-corrected chi connectivity index (χ1v) is 6.69. The first kappa shape index (κ1) is 14.1. The van der Waals surface area contributed by atoms with Gasteiger partial charge in [0.05, 0.1) is 0 Å². The molecule has 1 heterocycles. The molecule has 0 radical (unpaired) electrons. The van der Waals surface area contributed by atoms with E-state index >= 15 is 0 Å². The lowest BCUT2D eigenvalue weighted by atomic mass is 10.0. The highest BCUT2D eigenvalue weighted by atomic mass is 35.5. The third-order valence-corrected chi connectivity index (χ3v) is 3.24. The van der Waals surface area contributed by atoms with Crippen LogP contribution in [0.4, 0.5) is 0 Å². The average Bonchev–Trinajstić information content (AvgIpc) is 2.32. The molecule has 2 rings (SSSR count). The van der Waals surface area contributed by atoms with Crippen molar-refractivity contribution in [3.05, 3.63) is 45.8 Å². The van der Waals surface area contributed by atoms with Gasteiger partial charge < -0.3 is 4.74 Å². The molecule has 0 bridgehead atoms. The summed E-state index contributed by atoms with van der Waals surface area (Å²) >= 11 is 12.0. The molecule has 1 aromatic heterocycles. The van der Waals surface area contributed by atoms with Gasteiger partial charge in [-0.2, -0.15) is 4.98 Å². The molecular formula is C14H14Cl2N2O. The van der Waals surface area contributed by atoms with Crippen molar-refractivity contribution in [2.45, 2.75) is 26.7 Å². The first-order valence-electron chi connectivity index (χ1n) is 5.94. The summed E-state index contributed by atoms with van der Waals surface area (Å²) < 4.78 is 5.74. The molecule has 0 aliphatic carbocycles. The summed E-state index contributed by atoms with van der Waals surface area (Å²) in [6.45, 7) is 6.11. The van der Waals surface area contributed by atoms with Crippen LogP contribution in [0.3, 0.4) is 0 Å². The monoisotopic (exact) mass is 296 g/mol. The highest BCUT2D eigenvalue weighted by Gasteiger charge is 2.11. The summed E-state index contributed by atoms with van der Waals surface area (Å²) in [4.78, 5) is 7.82. The maximum absolute atomic E-state index is 6.22. The van der Waals surface area contributed by atoms with Gasteiger partial charge in [0.1, 0.15) is 5.75 Å². The lowest BCUT2D eigenvalue weighted by molar-refractivity contribution is 0.457. The molecule has 0 saturated carbocycles. The van der Waals surface area contributed by atoms with E-state index in [4.69, 9.17) is 27.9 Å². The van der Waals surface area contributed by atoms with Gasteiger partial charge in [0.2, 0.25) is 11.2 Å². The Morgan fingerprint density at radius 1 is 1.21 bits per heavy atom. The summed E-state index contributed by atoms with van der Waals surface area (Å²) in [6.07, 6.45) is 1.55. The molecule has 0 aliphatic rings. The zero-order valence-corrected chi connectivity index (χ0v) is 12.5. The molecule has 0 atom stereocenters. The van der Waals surface area contributed by atoms with Crippen LogP contribution in [0.15, 0.2) is 24.4 Å². The zero-order valence-electron chi connectivity index (χ0n) is 10.9. The maximum Gasteiger partial charge on any atom is 0.225 e. The van der Waals surface area contributed by atoms with Gasteiger partial charge in [0.15, 0.2) is 0 Å². The van der Waals surface area contributed by atoms with Crippen molar-refractivity contribution in [2.24, 2.45) is 0 Å². The van der Waals surface area contributed by atoms with Crippen molar-refractivity contribution >= 4 is 23.2 Å². The Kier molecular flexibility index (Phi) is 4.27. The highest BCUT2D eigenvalue weighted by Crippen LogP contribution is 2.33. The van der Waals surface area contributed by atoms with E-state index in [1.54, 1.807) is 12.3 Å². The molecule has 0 unspecified atom stereocenters. The quantitative estimate of drug-likeness (QED) is 0.747. The molecule has 0 saturated heterocycles. The molecule has 0 spiro atoms. The van der Waals surface area contributed by atoms with Crippen LogP contribution in [-0.4, -0.2) is 9.97 Å². The summed E-state index contributed by atoms with van der Waals surface area (Å²) in [5.41, 5.74) is 1.99. The molecule has 100 valence electrons. The smallest absolute Gasteiger partial charge is 0.225 e. The Hall–Kier alpha value is -1.32. The van der Waals surface area contributed by atoms with Crippen LogP contribution in [0.1, 0.15) is 30.9 Å². The largest absolute Gasteiger partial charge is 0.439 e. The topological polar surface area (TPSA) is 35.0 Å². The van der Waals surface area contributed by atoms with Crippen LogP contribution >= 0.6 is 23.2 Å². The third-order valence-electron chi connectivity index (χ3n) is 2.73. The van der Waals surface area contributed by atoms with Crippen LogP contribution in [0.25, 0.3) is 0 Å². The summed E-state index contributed by atoms with van der Waals surface area (Å²) in [5, 5.41) is 0.911. The Labute approximate surface area is 122 Å². The van der Waals surface area contributed by atoms with Crippen molar-refractivity contribution in [1.82, 2.24) is 9.97 Å². The van der Waals surface area contributed by atoms with Crippen molar-refractivity contribution in [3.63, 3.8) is 0 Å². The number of rotatable bonds is 3. The number of hydrogen-bond acceptors (Lipinski definition) is 3. The van der Waals surface area contributed by atoms with E-state index in [0.29, 0.717) is 11.8 Å². The summed E-state index contributed by atoms with van der Waals surface area (Å²) in [6, 6.07) is 5.50. The second kappa shape index (κ2) is 5.76. The van der Waals surface area contributed by atoms with Crippen molar-refractivity contribution < 1.29 is 4.74 Å². The predicted molar refractivity (Wildman–Crippen MR) is 77.4 cm³/mol. The Balaban J connectivity index is 2.37. The average molecular weight is 297 g/mol. The van der Waals surface area contributed by atoms with E-state index in [1.807, 2.05) is 19.1 Å². The van der Waals surface area contributed by atoms with E-state index < -0.39 is 0 Å². The van der Waals surface area contributed by atoms with Crippen LogP contribution < -0.4 is 4.74 Å². The number of nitrogens with zero attached hydrogens (tertiary/aromatic N) is 2. The SMILES string of the molecule is Cc1cc(Cl)c(C(C)C)cc1Oc1ccnc(Cl)n1. The molecule has 0 N–H and O–H groups in total. The van der Waals surface area contributed by atoms with Gasteiger partial charge in [-0.25, -0.2) is 4.98 Å². The number of benzene rings is 1. The molecule has 5 heteroatoms. The molecular weight excluding hydrogens is 283 g/mol. The molecule has 2 aromatic rings. The molecule has 1 aromatic carbocycles. The number of hydrogen-bond donors (Lipinski definition) is 0. The fourth-order valence-electron chi connectivity index (χ4n) is 1.71. The van der Waals surface area contributed by atoms with Crippen molar-refractivity contribution in [3.8, 4) is 11.6 Å². The number of aryl methyl sites for hydroxylation is 1.